The molecule has 0 saturated carbocycles. The van der Waals surface area contributed by atoms with Gasteiger partial charge in [-0.05, 0) is 79.1 Å². The number of hydrogen-bond donors (Lipinski definition) is 1. The van der Waals surface area contributed by atoms with Gasteiger partial charge in [0, 0.05) is 43.7 Å². The van der Waals surface area contributed by atoms with Gasteiger partial charge in [-0.2, -0.15) is 0 Å². The molecule has 1 heterocycles. The van der Waals surface area contributed by atoms with E-state index in [0.717, 1.165) is 53.5 Å². The Bertz CT molecular complexity index is 2140. The van der Waals surface area contributed by atoms with Crippen molar-refractivity contribution in [2.24, 2.45) is 11.8 Å². The van der Waals surface area contributed by atoms with Gasteiger partial charge in [-0.3, -0.25) is 14.8 Å². The second kappa shape index (κ2) is 16.8. The maximum atomic E-state index is 11.7. The van der Waals surface area contributed by atoms with Crippen LogP contribution in [0.3, 0.4) is 0 Å². The Kier molecular flexibility index (Phi) is 10.4. The summed E-state index contributed by atoms with van der Waals surface area (Å²) in [5, 5.41) is 9.71. The molecule has 0 saturated heterocycles. The van der Waals surface area contributed by atoms with Crippen molar-refractivity contribution in [3.8, 4) is 22.5 Å². The van der Waals surface area contributed by atoms with Gasteiger partial charge in [0.25, 0.3) is 0 Å². The molecule has 1 aromatic heterocycles. The summed E-state index contributed by atoms with van der Waals surface area (Å²) in [4.78, 5) is 21.4. The van der Waals surface area contributed by atoms with Crippen molar-refractivity contribution in [2.75, 3.05) is 0 Å². The molecule has 1 radical (unpaired) electrons. The number of aliphatic hydroxyl groups is 1. The summed E-state index contributed by atoms with van der Waals surface area (Å²) in [5.41, 5.74) is 6.93. The molecule has 0 aliphatic carbocycles. The molecule has 1 N–H and O–H groups in total. The smallest absolute Gasteiger partial charge is 0.162 e. The summed E-state index contributed by atoms with van der Waals surface area (Å²) in [6.45, 7) is 16.0. The number of ketones is 1. The zero-order valence-corrected chi connectivity index (χ0v) is 30.4. The van der Waals surface area contributed by atoms with Gasteiger partial charge in [0.1, 0.15) is 0 Å². The molecule has 5 heteroatoms. The third kappa shape index (κ3) is 8.78. The van der Waals surface area contributed by atoms with Gasteiger partial charge in [0.05, 0.1) is 30.7 Å². The molecule has 0 bridgehead atoms. The predicted molar refractivity (Wildman–Crippen MR) is 190 cm³/mol. The molecule has 0 fully saturated rings. The molecule has 0 atom stereocenters. The largest absolute Gasteiger partial charge is 0.512 e. The molecule has 5 aromatic rings. The Morgan fingerprint density at radius 3 is 1.91 bits per heavy atom. The van der Waals surface area contributed by atoms with Gasteiger partial charge >= 0.3 is 0 Å². The Morgan fingerprint density at radius 1 is 0.826 bits per heavy atom. The van der Waals surface area contributed by atoms with Gasteiger partial charge in [-0.1, -0.05) is 83.9 Å². The molecule has 4 aromatic carbocycles. The van der Waals surface area contributed by atoms with Gasteiger partial charge in [-0.25, -0.2) is 0 Å². The molecule has 0 amide bonds. The average Bonchev–Trinajstić information content (AvgIpc) is 3.09. The Labute approximate surface area is 297 Å². The van der Waals surface area contributed by atoms with Crippen LogP contribution in [0.25, 0.3) is 44.3 Å². The number of allylic oxidation sites excluding steroid dienone is 2. The minimum absolute atomic E-state index is 0. The third-order valence-electron chi connectivity index (χ3n) is 8.34. The first-order valence-corrected chi connectivity index (χ1v) is 15.8. The second-order valence-corrected chi connectivity index (χ2v) is 11.7. The molecule has 0 aliphatic heterocycles. The number of aryl methyl sites for hydroxylation is 4. The maximum Gasteiger partial charge on any atom is 0.162 e. The Morgan fingerprint density at radius 2 is 1.39 bits per heavy atom. The van der Waals surface area contributed by atoms with E-state index < -0.39 is 12.1 Å². The number of benzene rings is 4. The van der Waals surface area contributed by atoms with Crippen LogP contribution in [0.5, 0.6) is 0 Å². The molecule has 0 aliphatic rings. The molecule has 0 spiro atoms. The minimum Gasteiger partial charge on any atom is -0.512 e. The summed E-state index contributed by atoms with van der Waals surface area (Å²) in [5.74, 6) is 0.547. The van der Waals surface area contributed by atoms with E-state index in [1.54, 1.807) is 0 Å². The summed E-state index contributed by atoms with van der Waals surface area (Å²) >= 11 is 0. The van der Waals surface area contributed by atoms with E-state index in [2.05, 4.69) is 6.07 Å². The predicted octanol–water partition coefficient (Wildman–Crippen LogP) is 11.0. The van der Waals surface area contributed by atoms with Gasteiger partial charge in [0.15, 0.2) is 5.78 Å². The standard InChI is InChI=1S/C28H23N2.C13H24O2.Ir/c1-17-11-18(2)13-24(12-17)28-27(23-10-9-19(3)20(4)14-23)29-25-15-21-7-5-6-8-22(21)16-26(25)30-28;1-5-10(6-2)12(14)9-13(15)11(7-3)8-4;/h5-12,14-16H,1-4H3;9-11,14H,5-8H2,1-4H3;/q-1;;/b;12-9-;/i5D,6D,7D,8D,15D,16D;;. The Hall–Kier alpha value is -3.66. The van der Waals surface area contributed by atoms with Crippen molar-refractivity contribution < 1.29 is 38.2 Å². The first-order valence-electron chi connectivity index (χ1n) is 18.8. The van der Waals surface area contributed by atoms with Crippen LogP contribution in [0.2, 0.25) is 0 Å². The number of nitrogens with zero attached hydrogens (tertiary/aromatic N) is 2. The molecular formula is C41H47IrN2O2-. The number of hydrogen-bond acceptors (Lipinski definition) is 4. The molecule has 5 rings (SSSR count). The number of aromatic nitrogens is 2. The third-order valence-corrected chi connectivity index (χ3v) is 8.34. The monoisotopic (exact) mass is 798 g/mol. The van der Waals surface area contributed by atoms with Crippen LogP contribution in [0.15, 0.2) is 78.4 Å². The quantitative estimate of drug-likeness (QED) is 0.0698. The van der Waals surface area contributed by atoms with Crippen molar-refractivity contribution in [2.45, 2.75) is 81.1 Å². The van der Waals surface area contributed by atoms with Gasteiger partial charge in [-0.15, -0.1) is 34.9 Å². The average molecular weight is 798 g/mol. The molecule has 46 heavy (non-hydrogen) atoms. The van der Waals surface area contributed by atoms with Crippen molar-refractivity contribution in [3.05, 3.63) is 107 Å². The van der Waals surface area contributed by atoms with Crippen LogP contribution in [-0.2, 0) is 24.9 Å². The number of aliphatic hydroxyl groups excluding tert-OH is 1. The zero-order valence-electron chi connectivity index (χ0n) is 34.0. The zero-order chi connectivity index (χ0) is 37.9. The fourth-order valence-electron chi connectivity index (χ4n) is 5.43. The first kappa shape index (κ1) is 28.6. The number of carbonyl (C=O) groups is 1. The van der Waals surface area contributed by atoms with Crippen LogP contribution >= 0.6 is 0 Å². The SMILES string of the molecule is CCC(CC)C(=O)/C=C(\O)C(CC)CC.[2H]c1c([2H])c([2H])c2c([2H])c3nc(-c4ccc(C)c(C)c4)c(-c4[c-]c(C)cc(C)c4)nc3c([2H])c2c1[2H].[Ir]. The minimum atomic E-state index is -0.442. The van der Waals surface area contributed by atoms with E-state index in [-0.39, 0.29) is 89.5 Å². The number of rotatable bonds is 9. The summed E-state index contributed by atoms with van der Waals surface area (Å²) in [7, 11) is 0. The van der Waals surface area contributed by atoms with Crippen molar-refractivity contribution in [1.29, 1.82) is 0 Å². The van der Waals surface area contributed by atoms with E-state index in [1.807, 2.05) is 85.7 Å². The van der Waals surface area contributed by atoms with Crippen LogP contribution in [0.4, 0.5) is 0 Å². The van der Waals surface area contributed by atoms with Crippen LogP contribution in [0.1, 0.15) is 83.9 Å². The van der Waals surface area contributed by atoms with E-state index in [9.17, 15) is 9.90 Å². The normalized spacial score (nSPS) is 13.3. The van der Waals surface area contributed by atoms with Crippen LogP contribution in [0, 0.1) is 45.6 Å². The van der Waals surface area contributed by atoms with Crippen molar-refractivity contribution in [3.63, 3.8) is 0 Å². The van der Waals surface area contributed by atoms with Crippen molar-refractivity contribution in [1.82, 2.24) is 9.97 Å². The van der Waals surface area contributed by atoms with E-state index in [4.69, 9.17) is 18.2 Å². The van der Waals surface area contributed by atoms with Crippen LogP contribution in [-0.4, -0.2) is 20.9 Å². The Balaban J connectivity index is 0.000000389. The van der Waals surface area contributed by atoms with E-state index in [1.165, 1.54) is 6.08 Å². The summed E-state index contributed by atoms with van der Waals surface area (Å²) < 4.78 is 50.6. The molecule has 4 nitrogen and oxygen atoms in total. The van der Waals surface area contributed by atoms with E-state index >= 15 is 0 Å². The fourth-order valence-corrected chi connectivity index (χ4v) is 5.43. The van der Waals surface area contributed by atoms with Crippen molar-refractivity contribution >= 4 is 27.6 Å². The van der Waals surface area contributed by atoms with E-state index in [0.29, 0.717) is 17.0 Å². The second-order valence-electron chi connectivity index (χ2n) is 11.7. The summed E-state index contributed by atoms with van der Waals surface area (Å²) in [6, 6.07) is 11.3. The fraction of sp³-hybridized carbons (Fsp3) is 0.341. The number of carbonyl (C=O) groups excluding carboxylic acids is 1. The van der Waals surface area contributed by atoms with Crippen LogP contribution < -0.4 is 0 Å². The van der Waals surface area contributed by atoms with Gasteiger partial charge in [0.2, 0.25) is 0 Å². The summed E-state index contributed by atoms with van der Waals surface area (Å²) in [6.07, 6.45) is 4.91. The maximum absolute atomic E-state index is 11.7. The van der Waals surface area contributed by atoms with Gasteiger partial charge < -0.3 is 5.11 Å². The molecule has 243 valence electrons. The topological polar surface area (TPSA) is 63.1 Å². The number of fused-ring (bicyclic) bond motifs is 2. The molecule has 0 unspecified atom stereocenters. The first-order chi connectivity index (χ1) is 24.1. The molecular weight excluding hydrogens is 745 g/mol.